The van der Waals surface area contributed by atoms with Gasteiger partial charge in [0.1, 0.15) is 11.5 Å². The van der Waals surface area contributed by atoms with Gasteiger partial charge < -0.3 is 9.88 Å². The molecule has 0 bridgehead atoms. The number of benzene rings is 2. The third-order valence-electron chi connectivity index (χ3n) is 5.31. The Morgan fingerprint density at radius 1 is 1.18 bits per heavy atom. The van der Waals surface area contributed by atoms with Crippen molar-refractivity contribution in [3.05, 3.63) is 64.0 Å². The summed E-state index contributed by atoms with van der Waals surface area (Å²) in [5.74, 6) is 0.0200. The summed E-state index contributed by atoms with van der Waals surface area (Å²) in [6.07, 6.45) is 1.77. The topological polar surface area (TPSA) is 49.0 Å². The zero-order chi connectivity index (χ0) is 19.3. The summed E-state index contributed by atoms with van der Waals surface area (Å²) in [6, 6.07) is 12.0. The van der Waals surface area contributed by atoms with E-state index in [0.29, 0.717) is 35.1 Å². The van der Waals surface area contributed by atoms with Gasteiger partial charge in [-0.15, -0.1) is 11.3 Å². The largest absolute Gasteiger partial charge is 0.351 e. The summed E-state index contributed by atoms with van der Waals surface area (Å²) >= 11 is 7.77. The molecule has 1 N–H and O–H groups in total. The maximum absolute atomic E-state index is 13.4. The Hall–Kier alpha value is -2.44. The van der Waals surface area contributed by atoms with E-state index in [2.05, 4.69) is 4.98 Å². The number of carbonyl (C=O) groups is 1. The molecule has 4 aromatic rings. The number of halogens is 2. The molecule has 1 amide bonds. The number of rotatable bonds is 2. The lowest BCUT2D eigenvalue weighted by molar-refractivity contribution is 0.0708. The Morgan fingerprint density at radius 3 is 2.82 bits per heavy atom. The van der Waals surface area contributed by atoms with Gasteiger partial charge in [0.2, 0.25) is 0 Å². The first kappa shape index (κ1) is 17.6. The number of likely N-dealkylation sites (tertiary alicyclic amines) is 1. The Bertz CT molecular complexity index is 1190. The van der Waals surface area contributed by atoms with Crippen LogP contribution in [0.3, 0.4) is 0 Å². The van der Waals surface area contributed by atoms with Gasteiger partial charge in [-0.3, -0.25) is 4.79 Å². The number of piperidine rings is 1. The summed E-state index contributed by atoms with van der Waals surface area (Å²) in [4.78, 5) is 22.6. The molecule has 0 unspecified atom stereocenters. The zero-order valence-corrected chi connectivity index (χ0v) is 16.5. The maximum Gasteiger partial charge on any atom is 0.270 e. The minimum atomic E-state index is -0.302. The highest BCUT2D eigenvalue weighted by atomic mass is 35.5. The lowest BCUT2D eigenvalue weighted by atomic mass is 9.97. The van der Waals surface area contributed by atoms with Gasteiger partial charge in [-0.05, 0) is 55.3 Å². The summed E-state index contributed by atoms with van der Waals surface area (Å²) in [5, 5.41) is 2.53. The number of aromatic amines is 1. The van der Waals surface area contributed by atoms with Crippen molar-refractivity contribution in [2.24, 2.45) is 0 Å². The van der Waals surface area contributed by atoms with Crippen LogP contribution in [0.5, 0.6) is 0 Å². The average molecular weight is 414 g/mol. The van der Waals surface area contributed by atoms with Gasteiger partial charge in [-0.1, -0.05) is 11.6 Å². The molecule has 28 heavy (non-hydrogen) atoms. The van der Waals surface area contributed by atoms with Gasteiger partial charge in [-0.25, -0.2) is 9.37 Å². The molecule has 0 spiro atoms. The predicted octanol–water partition coefficient (Wildman–Crippen LogP) is 5.59. The molecule has 5 rings (SSSR count). The van der Waals surface area contributed by atoms with Crippen LogP contribution in [0.15, 0.2) is 42.5 Å². The molecule has 0 saturated carbocycles. The van der Waals surface area contributed by atoms with Gasteiger partial charge in [0.05, 0.1) is 15.2 Å². The van der Waals surface area contributed by atoms with Crippen LogP contribution in [0.25, 0.3) is 21.1 Å². The van der Waals surface area contributed by atoms with Crippen LogP contribution in [-0.2, 0) is 0 Å². The number of thiazole rings is 1. The minimum Gasteiger partial charge on any atom is -0.351 e. The number of aromatic nitrogens is 2. The quantitative estimate of drug-likeness (QED) is 0.465. The summed E-state index contributed by atoms with van der Waals surface area (Å²) < 4.78 is 14.5. The number of nitrogens with one attached hydrogen (secondary N) is 1. The maximum atomic E-state index is 13.4. The third kappa shape index (κ3) is 3.16. The summed E-state index contributed by atoms with van der Waals surface area (Å²) in [7, 11) is 0. The molecule has 7 heteroatoms. The molecule has 2 aromatic heterocycles. The number of hydrogen-bond donors (Lipinski definition) is 1. The van der Waals surface area contributed by atoms with Gasteiger partial charge in [0.15, 0.2) is 0 Å². The zero-order valence-electron chi connectivity index (χ0n) is 14.9. The van der Waals surface area contributed by atoms with Crippen molar-refractivity contribution in [2.45, 2.75) is 18.8 Å². The van der Waals surface area contributed by atoms with E-state index in [1.165, 1.54) is 12.1 Å². The molecule has 1 aliphatic heterocycles. The van der Waals surface area contributed by atoms with Crippen molar-refractivity contribution in [3.8, 4) is 0 Å². The highest BCUT2D eigenvalue weighted by Gasteiger charge is 2.27. The fraction of sp³-hybridized carbons (Fsp3) is 0.238. The fourth-order valence-corrected chi connectivity index (χ4v) is 5.09. The lowest BCUT2D eigenvalue weighted by Gasteiger charge is -2.30. The first-order valence-electron chi connectivity index (χ1n) is 9.20. The van der Waals surface area contributed by atoms with Gasteiger partial charge in [0.25, 0.3) is 5.91 Å². The molecule has 0 atom stereocenters. The number of H-pyrrole nitrogens is 1. The van der Waals surface area contributed by atoms with E-state index in [-0.39, 0.29) is 11.7 Å². The fourth-order valence-electron chi connectivity index (χ4n) is 3.81. The molecule has 1 fully saturated rings. The number of hydrogen-bond acceptors (Lipinski definition) is 3. The number of nitrogens with zero attached hydrogens (tertiary/aromatic N) is 2. The number of fused-ring (bicyclic) bond motifs is 2. The molecule has 0 aliphatic carbocycles. The highest BCUT2D eigenvalue weighted by Crippen LogP contribution is 2.35. The van der Waals surface area contributed by atoms with E-state index in [9.17, 15) is 9.18 Å². The second kappa shape index (κ2) is 6.87. The SMILES string of the molecule is O=C(c1cc2cc(F)ccc2[nH]1)N1CCC(c2nc3cc(Cl)ccc3s2)CC1. The van der Waals surface area contributed by atoms with Crippen LogP contribution >= 0.6 is 22.9 Å². The Labute approximate surface area is 169 Å². The summed E-state index contributed by atoms with van der Waals surface area (Å²) in [6.45, 7) is 1.37. The van der Waals surface area contributed by atoms with E-state index < -0.39 is 0 Å². The van der Waals surface area contributed by atoms with Crippen LogP contribution in [-0.4, -0.2) is 33.9 Å². The van der Waals surface area contributed by atoms with Crippen molar-refractivity contribution in [2.75, 3.05) is 13.1 Å². The van der Waals surface area contributed by atoms with Crippen molar-refractivity contribution >= 4 is 50.0 Å². The second-order valence-electron chi connectivity index (χ2n) is 7.15. The van der Waals surface area contributed by atoms with Crippen molar-refractivity contribution in [3.63, 3.8) is 0 Å². The smallest absolute Gasteiger partial charge is 0.270 e. The average Bonchev–Trinajstić information content (AvgIpc) is 3.30. The minimum absolute atomic E-state index is 0.0360. The molecule has 3 heterocycles. The Balaban J connectivity index is 1.30. The Kier molecular flexibility index (Phi) is 4.33. The number of amides is 1. The van der Waals surface area contributed by atoms with Crippen LogP contribution in [0, 0.1) is 5.82 Å². The molecule has 1 saturated heterocycles. The van der Waals surface area contributed by atoms with Crippen molar-refractivity contribution in [1.29, 1.82) is 0 Å². The van der Waals surface area contributed by atoms with Crippen molar-refractivity contribution in [1.82, 2.24) is 14.9 Å². The van der Waals surface area contributed by atoms with E-state index in [1.54, 1.807) is 23.5 Å². The summed E-state index contributed by atoms with van der Waals surface area (Å²) in [5.41, 5.74) is 2.22. The molecule has 0 radical (unpaired) electrons. The first-order chi connectivity index (χ1) is 13.6. The molecule has 1 aliphatic rings. The molecular formula is C21H17ClFN3OS. The van der Waals surface area contributed by atoms with Crippen LogP contribution < -0.4 is 0 Å². The lowest BCUT2D eigenvalue weighted by Crippen LogP contribution is -2.38. The van der Waals surface area contributed by atoms with E-state index in [1.807, 2.05) is 23.1 Å². The van der Waals surface area contributed by atoms with Gasteiger partial charge in [0, 0.05) is 34.9 Å². The predicted molar refractivity (Wildman–Crippen MR) is 111 cm³/mol. The molecule has 2 aromatic carbocycles. The standard InChI is InChI=1S/C21H17ClFN3OS/c22-14-1-4-19-17(11-14)25-20(28-19)12-5-7-26(8-6-12)21(27)18-10-13-9-15(23)2-3-16(13)24-18/h1-4,9-12,24H,5-8H2. The number of carbonyl (C=O) groups excluding carboxylic acids is 1. The first-order valence-corrected chi connectivity index (χ1v) is 10.4. The third-order valence-corrected chi connectivity index (χ3v) is 6.74. The molecular weight excluding hydrogens is 397 g/mol. The van der Waals surface area contributed by atoms with Gasteiger partial charge in [-0.2, -0.15) is 0 Å². The van der Waals surface area contributed by atoms with Crippen LogP contribution in [0.2, 0.25) is 5.02 Å². The molecule has 4 nitrogen and oxygen atoms in total. The highest BCUT2D eigenvalue weighted by molar-refractivity contribution is 7.18. The van der Waals surface area contributed by atoms with E-state index >= 15 is 0 Å². The van der Waals surface area contributed by atoms with E-state index in [0.717, 1.165) is 33.6 Å². The van der Waals surface area contributed by atoms with E-state index in [4.69, 9.17) is 16.6 Å². The Morgan fingerprint density at radius 2 is 2.00 bits per heavy atom. The normalized spacial score (nSPS) is 15.6. The monoisotopic (exact) mass is 413 g/mol. The van der Waals surface area contributed by atoms with Gasteiger partial charge >= 0.3 is 0 Å². The van der Waals surface area contributed by atoms with Crippen LogP contribution in [0.1, 0.15) is 34.3 Å². The van der Waals surface area contributed by atoms with Crippen molar-refractivity contribution < 1.29 is 9.18 Å². The molecule has 142 valence electrons. The second-order valence-corrected chi connectivity index (χ2v) is 8.64. The van der Waals surface area contributed by atoms with Crippen LogP contribution in [0.4, 0.5) is 4.39 Å².